The molecule has 1 fully saturated rings. The predicted molar refractivity (Wildman–Crippen MR) is 195 cm³/mol. The SMILES string of the molecule is CCCCN=C(N)NC(=O)C(Cc1ccc(-c2ccccc2)c(CN2CCN(CCc3ccccc3)CC2)c1OCCCOC)OC(=O)C(F)(F)F. The Labute approximate surface area is 304 Å². The zero-order chi connectivity index (χ0) is 37.3. The first-order valence-corrected chi connectivity index (χ1v) is 17.8. The van der Waals surface area contributed by atoms with Gasteiger partial charge >= 0.3 is 12.1 Å². The number of halogens is 3. The van der Waals surface area contributed by atoms with Gasteiger partial charge in [-0.1, -0.05) is 86.1 Å². The molecular weight excluding hydrogens is 675 g/mol. The summed E-state index contributed by atoms with van der Waals surface area (Å²) >= 11 is 0. The fourth-order valence-electron chi connectivity index (χ4n) is 5.95. The lowest BCUT2D eigenvalue weighted by molar-refractivity contribution is -0.205. The number of carbonyl (C=O) groups is 2. The zero-order valence-corrected chi connectivity index (χ0v) is 30.0. The Kier molecular flexibility index (Phi) is 15.9. The van der Waals surface area contributed by atoms with Crippen LogP contribution in [-0.2, 0) is 38.4 Å². The second-order valence-electron chi connectivity index (χ2n) is 12.7. The second kappa shape index (κ2) is 20.5. The minimum Gasteiger partial charge on any atom is -0.493 e. The van der Waals surface area contributed by atoms with Crippen molar-refractivity contribution in [2.24, 2.45) is 10.7 Å². The molecule has 0 saturated carbocycles. The van der Waals surface area contributed by atoms with Gasteiger partial charge in [-0.3, -0.25) is 20.0 Å². The maximum Gasteiger partial charge on any atom is 0.490 e. The third-order valence-corrected chi connectivity index (χ3v) is 8.80. The third-order valence-electron chi connectivity index (χ3n) is 8.80. The number of alkyl halides is 3. The predicted octanol–water partition coefficient (Wildman–Crippen LogP) is 5.38. The summed E-state index contributed by atoms with van der Waals surface area (Å²) in [4.78, 5) is 34.2. The van der Waals surface area contributed by atoms with Gasteiger partial charge in [0.25, 0.3) is 5.91 Å². The molecule has 1 unspecified atom stereocenters. The van der Waals surface area contributed by atoms with Crippen molar-refractivity contribution in [2.45, 2.75) is 57.9 Å². The molecule has 52 heavy (non-hydrogen) atoms. The summed E-state index contributed by atoms with van der Waals surface area (Å²) in [5.74, 6) is -3.36. The van der Waals surface area contributed by atoms with Gasteiger partial charge in [-0.15, -0.1) is 0 Å². The lowest BCUT2D eigenvalue weighted by Crippen LogP contribution is -2.47. The summed E-state index contributed by atoms with van der Waals surface area (Å²) in [6.07, 6.45) is -4.55. The van der Waals surface area contributed by atoms with Crippen LogP contribution in [0, 0.1) is 0 Å². The van der Waals surface area contributed by atoms with E-state index < -0.39 is 30.6 Å². The Balaban J connectivity index is 1.65. The van der Waals surface area contributed by atoms with Gasteiger partial charge < -0.3 is 24.8 Å². The maximum atomic E-state index is 13.4. The van der Waals surface area contributed by atoms with Crippen LogP contribution in [0.4, 0.5) is 13.2 Å². The fraction of sp³-hybridized carbons (Fsp3) is 0.462. The number of amides is 1. The fourth-order valence-corrected chi connectivity index (χ4v) is 5.95. The zero-order valence-electron chi connectivity index (χ0n) is 30.0. The van der Waals surface area contributed by atoms with Crippen molar-refractivity contribution in [1.29, 1.82) is 0 Å². The minimum atomic E-state index is -5.32. The summed E-state index contributed by atoms with van der Waals surface area (Å²) in [5.41, 5.74) is 10.2. The quantitative estimate of drug-likeness (QED) is 0.0778. The number of nitrogens with one attached hydrogen (secondary N) is 1. The number of aliphatic imine (C=N–C) groups is 1. The first-order valence-electron chi connectivity index (χ1n) is 17.8. The molecule has 0 bridgehead atoms. The average molecular weight is 726 g/mol. The molecule has 0 aliphatic carbocycles. The number of guanidine groups is 1. The second-order valence-corrected chi connectivity index (χ2v) is 12.7. The topological polar surface area (TPSA) is 119 Å². The summed E-state index contributed by atoms with van der Waals surface area (Å²) in [6.45, 7) is 7.71. The highest BCUT2D eigenvalue weighted by Crippen LogP contribution is 2.37. The molecule has 3 aromatic carbocycles. The number of nitrogens with zero attached hydrogens (tertiary/aromatic N) is 3. The average Bonchev–Trinajstić information content (AvgIpc) is 3.14. The highest BCUT2D eigenvalue weighted by Gasteiger charge is 2.43. The summed E-state index contributed by atoms with van der Waals surface area (Å²) in [6, 6.07) is 23.7. The number of methoxy groups -OCH3 is 1. The number of carbonyl (C=O) groups excluding carboxylic acids is 2. The van der Waals surface area contributed by atoms with Crippen LogP contribution >= 0.6 is 0 Å². The van der Waals surface area contributed by atoms with E-state index in [9.17, 15) is 22.8 Å². The molecule has 1 atom stereocenters. The van der Waals surface area contributed by atoms with Gasteiger partial charge in [-0.2, -0.15) is 13.2 Å². The first-order chi connectivity index (χ1) is 25.1. The number of ether oxygens (including phenoxy) is 3. The van der Waals surface area contributed by atoms with Crippen LogP contribution in [0.3, 0.4) is 0 Å². The first kappa shape index (κ1) is 40.3. The molecule has 1 aliphatic rings. The normalized spacial score (nSPS) is 14.9. The lowest BCUT2D eigenvalue weighted by atomic mass is 9.93. The molecule has 0 spiro atoms. The third kappa shape index (κ3) is 12.6. The number of hydrogen-bond donors (Lipinski definition) is 2. The largest absolute Gasteiger partial charge is 0.493 e. The molecule has 0 radical (unpaired) electrons. The molecule has 1 heterocycles. The van der Waals surface area contributed by atoms with Crippen molar-refractivity contribution in [3.8, 4) is 16.9 Å². The molecule has 10 nitrogen and oxygen atoms in total. The van der Waals surface area contributed by atoms with E-state index in [1.54, 1.807) is 13.2 Å². The maximum absolute atomic E-state index is 13.4. The van der Waals surface area contributed by atoms with Gasteiger partial charge in [0.2, 0.25) is 0 Å². The van der Waals surface area contributed by atoms with E-state index >= 15 is 0 Å². The Morgan fingerprint density at radius 2 is 1.60 bits per heavy atom. The molecule has 282 valence electrons. The van der Waals surface area contributed by atoms with Crippen LogP contribution in [0.1, 0.15) is 42.9 Å². The van der Waals surface area contributed by atoms with E-state index in [1.807, 2.05) is 61.5 Å². The highest BCUT2D eigenvalue weighted by molar-refractivity contribution is 5.99. The smallest absolute Gasteiger partial charge is 0.490 e. The number of nitrogens with two attached hydrogens (primary N) is 1. The van der Waals surface area contributed by atoms with Gasteiger partial charge in [0.1, 0.15) is 5.75 Å². The van der Waals surface area contributed by atoms with Crippen LogP contribution in [-0.4, -0.2) is 99.5 Å². The van der Waals surface area contributed by atoms with Crippen molar-refractivity contribution in [3.63, 3.8) is 0 Å². The minimum absolute atomic E-state index is 0.246. The molecular formula is C39H50F3N5O5. The molecule has 3 N–H and O–H groups in total. The number of rotatable bonds is 18. The molecule has 4 rings (SSSR count). The van der Waals surface area contributed by atoms with Gasteiger partial charge in [0.15, 0.2) is 12.1 Å². The molecule has 13 heteroatoms. The number of hydrogen-bond acceptors (Lipinski definition) is 8. The van der Waals surface area contributed by atoms with E-state index in [2.05, 4.69) is 32.2 Å². The Bertz CT molecular complexity index is 1580. The lowest BCUT2D eigenvalue weighted by Gasteiger charge is -2.35. The van der Waals surface area contributed by atoms with Crippen LogP contribution in [0.15, 0.2) is 77.8 Å². The van der Waals surface area contributed by atoms with Crippen LogP contribution in [0.25, 0.3) is 11.1 Å². The molecule has 3 aromatic rings. The Morgan fingerprint density at radius 3 is 2.25 bits per heavy atom. The van der Waals surface area contributed by atoms with Crippen molar-refractivity contribution in [1.82, 2.24) is 15.1 Å². The van der Waals surface area contributed by atoms with Gasteiger partial charge in [-0.05, 0) is 35.1 Å². The number of esters is 1. The van der Waals surface area contributed by atoms with Gasteiger partial charge in [-0.25, -0.2) is 4.79 Å². The van der Waals surface area contributed by atoms with Crippen molar-refractivity contribution in [3.05, 3.63) is 89.5 Å². The summed E-state index contributed by atoms with van der Waals surface area (Å²) in [5, 5.41) is 2.31. The molecule has 1 amide bonds. The van der Waals surface area contributed by atoms with E-state index in [4.69, 9.17) is 19.9 Å². The highest BCUT2D eigenvalue weighted by atomic mass is 19.4. The van der Waals surface area contributed by atoms with Gasteiger partial charge in [0.05, 0.1) is 6.61 Å². The summed E-state index contributed by atoms with van der Waals surface area (Å²) in [7, 11) is 1.59. The van der Waals surface area contributed by atoms with Gasteiger partial charge in [0, 0.05) is 77.9 Å². The van der Waals surface area contributed by atoms with Crippen LogP contribution < -0.4 is 15.8 Å². The standard InChI is InChI=1S/C39H50F3N5O5/c1-3-4-19-44-38(43)45-36(48)34(52-37(49)39(40,41)42)27-31-16-17-32(30-14-9-6-10-15-30)33(35(31)51-26-11-25-50-2)28-47-23-21-46(22-24-47)20-18-29-12-7-5-8-13-29/h5-10,12-17,34H,3-4,11,18-28H2,1-2H3,(H3,43,44,45,48). The van der Waals surface area contributed by atoms with E-state index in [-0.39, 0.29) is 12.6 Å². The van der Waals surface area contributed by atoms with Crippen LogP contribution in [0.5, 0.6) is 5.75 Å². The van der Waals surface area contributed by atoms with E-state index in [0.29, 0.717) is 43.9 Å². The van der Waals surface area contributed by atoms with E-state index in [0.717, 1.165) is 62.3 Å². The molecule has 1 saturated heterocycles. The van der Waals surface area contributed by atoms with Crippen molar-refractivity contribution in [2.75, 3.05) is 59.6 Å². The van der Waals surface area contributed by atoms with E-state index in [1.165, 1.54) is 5.56 Å². The molecule has 0 aromatic heterocycles. The van der Waals surface area contributed by atoms with Crippen molar-refractivity contribution < 1.29 is 37.0 Å². The Morgan fingerprint density at radius 1 is 0.923 bits per heavy atom. The molecule has 1 aliphatic heterocycles. The summed E-state index contributed by atoms with van der Waals surface area (Å²) < 4.78 is 56.7. The number of piperazine rings is 1. The van der Waals surface area contributed by atoms with Crippen molar-refractivity contribution >= 4 is 17.8 Å². The number of benzene rings is 3. The Hall–Kier alpha value is -4.46. The van der Waals surface area contributed by atoms with Crippen LogP contribution in [0.2, 0.25) is 0 Å². The number of unbranched alkanes of at least 4 members (excludes halogenated alkanes) is 1. The monoisotopic (exact) mass is 725 g/mol.